The van der Waals surface area contributed by atoms with Crippen molar-refractivity contribution in [3.05, 3.63) is 65.5 Å². The highest BCUT2D eigenvalue weighted by Gasteiger charge is 2.10. The average molecular weight is 311 g/mol. The van der Waals surface area contributed by atoms with Gasteiger partial charge in [-0.05, 0) is 40.3 Å². The zero-order valence-electron chi connectivity index (χ0n) is 12.4. The fourth-order valence-electron chi connectivity index (χ4n) is 2.20. The molecule has 7 heteroatoms. The molecule has 6 nitrogen and oxygen atoms in total. The van der Waals surface area contributed by atoms with E-state index in [-0.39, 0.29) is 18.3 Å². The summed E-state index contributed by atoms with van der Waals surface area (Å²) >= 11 is 0. The molecule has 116 valence electrons. The molecule has 0 unspecified atom stereocenters. The maximum Gasteiger partial charge on any atom is 0.251 e. The van der Waals surface area contributed by atoms with Gasteiger partial charge in [0.05, 0.1) is 0 Å². The highest BCUT2D eigenvalue weighted by atomic mass is 19.1. The van der Waals surface area contributed by atoms with Gasteiger partial charge in [-0.25, -0.2) is 9.07 Å². The van der Waals surface area contributed by atoms with E-state index in [9.17, 15) is 9.18 Å². The minimum atomic E-state index is -0.325. The number of amides is 1. The summed E-state index contributed by atoms with van der Waals surface area (Å²) in [6.07, 6.45) is 0. The Morgan fingerprint density at radius 3 is 2.78 bits per heavy atom. The van der Waals surface area contributed by atoms with Gasteiger partial charge in [-0.3, -0.25) is 4.79 Å². The highest BCUT2D eigenvalue weighted by Crippen LogP contribution is 2.16. The summed E-state index contributed by atoms with van der Waals surface area (Å²) in [5, 5.41) is 14.0. The van der Waals surface area contributed by atoms with E-state index < -0.39 is 0 Å². The number of aromatic nitrogens is 4. The zero-order valence-corrected chi connectivity index (χ0v) is 12.4. The summed E-state index contributed by atoms with van der Waals surface area (Å²) in [5.74, 6) is 0.00421. The predicted molar refractivity (Wildman–Crippen MR) is 81.8 cm³/mol. The lowest BCUT2D eigenvalue weighted by Gasteiger charge is -2.07. The van der Waals surface area contributed by atoms with Crippen LogP contribution in [-0.2, 0) is 13.6 Å². The Morgan fingerprint density at radius 1 is 1.22 bits per heavy atom. The summed E-state index contributed by atoms with van der Waals surface area (Å²) in [5.41, 5.74) is 1.94. The van der Waals surface area contributed by atoms with Crippen molar-refractivity contribution in [1.29, 1.82) is 0 Å². The van der Waals surface area contributed by atoms with Crippen LogP contribution in [0.25, 0.3) is 11.4 Å². The maximum atomic E-state index is 13.1. The molecule has 1 heterocycles. The second-order valence-corrected chi connectivity index (χ2v) is 5.02. The van der Waals surface area contributed by atoms with Gasteiger partial charge >= 0.3 is 0 Å². The predicted octanol–water partition coefficient (Wildman–Crippen LogP) is 1.95. The first-order valence-electron chi connectivity index (χ1n) is 6.99. The molecule has 0 spiro atoms. The molecule has 1 amide bonds. The Labute approximate surface area is 132 Å². The lowest BCUT2D eigenvalue weighted by atomic mass is 10.1. The third kappa shape index (κ3) is 3.39. The van der Waals surface area contributed by atoms with Crippen LogP contribution < -0.4 is 5.32 Å². The van der Waals surface area contributed by atoms with Crippen LogP contribution >= 0.6 is 0 Å². The van der Waals surface area contributed by atoms with Gasteiger partial charge in [0.1, 0.15) is 5.82 Å². The van der Waals surface area contributed by atoms with Crippen molar-refractivity contribution in [2.75, 3.05) is 0 Å². The molecule has 1 aromatic heterocycles. The van der Waals surface area contributed by atoms with Crippen LogP contribution in [0.4, 0.5) is 4.39 Å². The number of rotatable bonds is 4. The number of nitrogens with one attached hydrogen (secondary N) is 1. The van der Waals surface area contributed by atoms with Gasteiger partial charge < -0.3 is 5.32 Å². The monoisotopic (exact) mass is 311 g/mol. The number of aryl methyl sites for hydroxylation is 1. The Bertz CT molecular complexity index is 846. The topological polar surface area (TPSA) is 72.7 Å². The van der Waals surface area contributed by atoms with E-state index >= 15 is 0 Å². The first kappa shape index (κ1) is 14.8. The summed E-state index contributed by atoms with van der Waals surface area (Å²) in [7, 11) is 1.73. The molecule has 0 radical (unpaired) electrons. The molecule has 0 saturated heterocycles. The fraction of sp³-hybridized carbons (Fsp3) is 0.125. The minimum absolute atomic E-state index is 0.244. The van der Waals surface area contributed by atoms with Crippen molar-refractivity contribution in [1.82, 2.24) is 25.5 Å². The molecule has 3 aromatic rings. The third-order valence-corrected chi connectivity index (χ3v) is 3.35. The van der Waals surface area contributed by atoms with Crippen LogP contribution in [0, 0.1) is 5.82 Å². The van der Waals surface area contributed by atoms with Crippen LogP contribution in [0.5, 0.6) is 0 Å². The SMILES string of the molecule is Cn1nnnc1-c1cccc(C(=O)NCc2cccc(F)c2)c1. The van der Waals surface area contributed by atoms with Crippen LogP contribution in [0.15, 0.2) is 48.5 Å². The summed E-state index contributed by atoms with van der Waals surface area (Å²) in [6.45, 7) is 0.256. The molecular weight excluding hydrogens is 297 g/mol. The maximum absolute atomic E-state index is 13.1. The van der Waals surface area contributed by atoms with Gasteiger partial charge in [0.15, 0.2) is 5.82 Å². The summed E-state index contributed by atoms with van der Waals surface area (Å²) in [4.78, 5) is 12.2. The largest absolute Gasteiger partial charge is 0.348 e. The number of halogens is 1. The number of carbonyl (C=O) groups is 1. The molecule has 0 aliphatic carbocycles. The van der Waals surface area contributed by atoms with Gasteiger partial charge in [0.2, 0.25) is 0 Å². The molecule has 3 rings (SSSR count). The van der Waals surface area contributed by atoms with E-state index in [4.69, 9.17) is 0 Å². The third-order valence-electron chi connectivity index (χ3n) is 3.35. The molecular formula is C16H14FN5O. The Balaban J connectivity index is 1.74. The second-order valence-electron chi connectivity index (χ2n) is 5.02. The zero-order chi connectivity index (χ0) is 16.2. The van der Waals surface area contributed by atoms with E-state index in [0.29, 0.717) is 17.0 Å². The van der Waals surface area contributed by atoms with E-state index in [1.54, 1.807) is 37.4 Å². The molecule has 0 aliphatic rings. The number of nitrogens with zero attached hydrogens (tertiary/aromatic N) is 4. The minimum Gasteiger partial charge on any atom is -0.348 e. The van der Waals surface area contributed by atoms with Gasteiger partial charge in [-0.2, -0.15) is 0 Å². The standard InChI is InChI=1S/C16H14FN5O/c1-22-15(19-20-21-22)12-5-3-6-13(9-12)16(23)18-10-11-4-2-7-14(17)8-11/h2-9H,10H2,1H3,(H,18,23). The van der Waals surface area contributed by atoms with E-state index in [1.807, 2.05) is 6.07 Å². The number of hydrogen-bond acceptors (Lipinski definition) is 4. The van der Waals surface area contributed by atoms with Gasteiger partial charge in [0.25, 0.3) is 5.91 Å². The lowest BCUT2D eigenvalue weighted by molar-refractivity contribution is 0.0951. The van der Waals surface area contributed by atoms with Crippen LogP contribution in [0.1, 0.15) is 15.9 Å². The van der Waals surface area contributed by atoms with Crippen molar-refractivity contribution in [3.8, 4) is 11.4 Å². The molecule has 0 fully saturated rings. The normalized spacial score (nSPS) is 10.5. The van der Waals surface area contributed by atoms with Crippen LogP contribution in [0.2, 0.25) is 0 Å². The number of carbonyl (C=O) groups excluding carboxylic acids is 1. The smallest absolute Gasteiger partial charge is 0.251 e. The van der Waals surface area contributed by atoms with E-state index in [1.165, 1.54) is 16.8 Å². The first-order valence-corrected chi connectivity index (χ1v) is 6.99. The summed E-state index contributed by atoms with van der Waals surface area (Å²) in [6, 6.07) is 13.1. The second kappa shape index (κ2) is 6.35. The highest BCUT2D eigenvalue weighted by molar-refractivity contribution is 5.95. The fourth-order valence-corrected chi connectivity index (χ4v) is 2.20. The lowest BCUT2D eigenvalue weighted by Crippen LogP contribution is -2.22. The van der Waals surface area contributed by atoms with E-state index in [0.717, 1.165) is 5.56 Å². The first-order chi connectivity index (χ1) is 11.1. The van der Waals surface area contributed by atoms with Gasteiger partial charge in [-0.15, -0.1) is 5.10 Å². The van der Waals surface area contributed by atoms with Crippen molar-refractivity contribution in [3.63, 3.8) is 0 Å². The number of tetrazole rings is 1. The number of benzene rings is 2. The van der Waals surface area contributed by atoms with Crippen LogP contribution in [0.3, 0.4) is 0 Å². The molecule has 0 saturated carbocycles. The molecule has 0 bridgehead atoms. The Kier molecular flexibility index (Phi) is 4.09. The van der Waals surface area contributed by atoms with Crippen molar-refractivity contribution in [2.24, 2.45) is 7.05 Å². The van der Waals surface area contributed by atoms with Crippen molar-refractivity contribution < 1.29 is 9.18 Å². The van der Waals surface area contributed by atoms with Gasteiger partial charge in [0, 0.05) is 24.7 Å². The Morgan fingerprint density at radius 2 is 2.04 bits per heavy atom. The molecule has 0 aliphatic heterocycles. The van der Waals surface area contributed by atoms with Gasteiger partial charge in [-0.1, -0.05) is 24.3 Å². The number of hydrogen-bond donors (Lipinski definition) is 1. The van der Waals surface area contributed by atoms with Crippen LogP contribution in [-0.4, -0.2) is 26.1 Å². The molecule has 0 atom stereocenters. The quantitative estimate of drug-likeness (QED) is 0.799. The molecule has 1 N–H and O–H groups in total. The molecule has 2 aromatic carbocycles. The summed E-state index contributed by atoms with van der Waals surface area (Å²) < 4.78 is 14.7. The average Bonchev–Trinajstić information content (AvgIpc) is 2.99. The molecule has 23 heavy (non-hydrogen) atoms. The van der Waals surface area contributed by atoms with Crippen molar-refractivity contribution >= 4 is 5.91 Å². The van der Waals surface area contributed by atoms with Crippen molar-refractivity contribution in [2.45, 2.75) is 6.54 Å². The van der Waals surface area contributed by atoms with E-state index in [2.05, 4.69) is 20.8 Å². The Hall–Kier alpha value is -3.09.